The zero-order chi connectivity index (χ0) is 12.7. The van der Waals surface area contributed by atoms with E-state index in [1.165, 1.54) is 5.69 Å². The number of nitrogens with one attached hydrogen (secondary N) is 1. The molecule has 0 saturated heterocycles. The van der Waals surface area contributed by atoms with Crippen molar-refractivity contribution >= 4 is 22.6 Å². The molecule has 0 bridgehead atoms. The Balaban J connectivity index is 2.19. The first-order valence-corrected chi connectivity index (χ1v) is 6.81. The van der Waals surface area contributed by atoms with Crippen molar-refractivity contribution in [3.8, 4) is 0 Å². The predicted octanol–water partition coefficient (Wildman–Crippen LogP) is 2.78. The number of rotatable bonds is 2. The number of nitrogens with zero attached hydrogens (tertiary/aromatic N) is 3. The summed E-state index contributed by atoms with van der Waals surface area (Å²) in [5.41, 5.74) is 2.25. The number of hydrogen-bond donors (Lipinski definition) is 1. The van der Waals surface area contributed by atoms with Gasteiger partial charge in [-0.3, -0.25) is 0 Å². The van der Waals surface area contributed by atoms with E-state index < -0.39 is 0 Å². The van der Waals surface area contributed by atoms with Crippen LogP contribution >= 0.6 is 11.6 Å². The summed E-state index contributed by atoms with van der Waals surface area (Å²) >= 11 is 5.93. The second-order valence-electron chi connectivity index (χ2n) is 5.01. The van der Waals surface area contributed by atoms with Crippen molar-refractivity contribution < 1.29 is 0 Å². The predicted molar refractivity (Wildman–Crippen MR) is 72.7 cm³/mol. The van der Waals surface area contributed by atoms with Crippen molar-refractivity contribution in [2.24, 2.45) is 5.92 Å². The number of hydrogen-bond acceptors (Lipinski definition) is 3. The van der Waals surface area contributed by atoms with Gasteiger partial charge in [0.25, 0.3) is 0 Å². The van der Waals surface area contributed by atoms with Crippen LogP contribution in [0.3, 0.4) is 0 Å². The van der Waals surface area contributed by atoms with Gasteiger partial charge in [-0.05, 0) is 23.6 Å². The van der Waals surface area contributed by atoms with Gasteiger partial charge in [0, 0.05) is 30.4 Å². The zero-order valence-electron chi connectivity index (χ0n) is 10.7. The van der Waals surface area contributed by atoms with E-state index in [4.69, 9.17) is 11.6 Å². The Morgan fingerprint density at radius 1 is 1.61 bits per heavy atom. The minimum atomic E-state index is 0.324. The van der Waals surface area contributed by atoms with Crippen LogP contribution in [0.15, 0.2) is 12.3 Å². The van der Waals surface area contributed by atoms with Crippen LogP contribution in [-0.2, 0) is 6.54 Å². The topological polar surface area (TPSA) is 42.7 Å². The molecule has 2 aromatic rings. The van der Waals surface area contributed by atoms with Crippen molar-refractivity contribution in [3.05, 3.63) is 23.2 Å². The highest BCUT2D eigenvalue weighted by molar-refractivity contribution is 6.28. The molecular weight excluding hydrogens is 248 g/mol. The maximum atomic E-state index is 5.93. The average Bonchev–Trinajstić information content (AvgIpc) is 2.75. The highest BCUT2D eigenvalue weighted by Crippen LogP contribution is 2.31. The fraction of sp³-hybridized carbons (Fsp3) is 0.538. The molecule has 0 radical (unpaired) electrons. The van der Waals surface area contributed by atoms with Crippen LogP contribution in [0.4, 0.5) is 0 Å². The summed E-state index contributed by atoms with van der Waals surface area (Å²) in [6.45, 7) is 6.40. The Hall–Kier alpha value is -1.13. The molecule has 5 heteroatoms. The zero-order valence-corrected chi connectivity index (χ0v) is 11.4. The molecular formula is C13H17ClN4. The van der Waals surface area contributed by atoms with Crippen LogP contribution < -0.4 is 5.32 Å². The van der Waals surface area contributed by atoms with Gasteiger partial charge in [-0.2, -0.15) is 4.98 Å². The average molecular weight is 265 g/mol. The highest BCUT2D eigenvalue weighted by atomic mass is 35.5. The molecule has 0 saturated carbocycles. The van der Waals surface area contributed by atoms with Crippen LogP contribution in [0.2, 0.25) is 5.28 Å². The van der Waals surface area contributed by atoms with E-state index in [1.807, 2.05) is 6.20 Å². The van der Waals surface area contributed by atoms with Crippen LogP contribution in [0.5, 0.6) is 0 Å². The van der Waals surface area contributed by atoms with E-state index >= 15 is 0 Å². The molecule has 0 aliphatic carbocycles. The molecule has 3 rings (SSSR count). The lowest BCUT2D eigenvalue weighted by molar-refractivity contribution is 0.301. The summed E-state index contributed by atoms with van der Waals surface area (Å²) in [5, 5.41) is 4.88. The number of halogens is 1. The van der Waals surface area contributed by atoms with E-state index in [9.17, 15) is 0 Å². The first kappa shape index (κ1) is 11.9. The fourth-order valence-corrected chi connectivity index (χ4v) is 2.84. The normalized spacial score (nSPS) is 20.9. The first-order valence-electron chi connectivity index (χ1n) is 6.43. The molecule has 96 valence electrons. The summed E-state index contributed by atoms with van der Waals surface area (Å²) in [7, 11) is 0. The van der Waals surface area contributed by atoms with Crippen molar-refractivity contribution in [1.29, 1.82) is 0 Å². The molecule has 1 aliphatic rings. The van der Waals surface area contributed by atoms with Crippen LogP contribution in [0.25, 0.3) is 11.0 Å². The minimum Gasteiger partial charge on any atom is -0.324 e. The monoisotopic (exact) mass is 264 g/mol. The molecule has 2 atom stereocenters. The molecule has 0 aromatic carbocycles. The summed E-state index contributed by atoms with van der Waals surface area (Å²) < 4.78 is 2.34. The van der Waals surface area contributed by atoms with Gasteiger partial charge < -0.3 is 9.88 Å². The quantitative estimate of drug-likeness (QED) is 0.849. The molecule has 2 aromatic heterocycles. The smallest absolute Gasteiger partial charge is 0.224 e. The maximum absolute atomic E-state index is 5.93. The fourth-order valence-electron chi connectivity index (χ4n) is 2.71. The Kier molecular flexibility index (Phi) is 2.99. The van der Waals surface area contributed by atoms with Crippen molar-refractivity contribution in [2.75, 3.05) is 6.54 Å². The molecule has 1 aliphatic heterocycles. The molecule has 18 heavy (non-hydrogen) atoms. The molecule has 1 N–H and O–H groups in total. The molecule has 4 nitrogen and oxygen atoms in total. The Labute approximate surface area is 111 Å². The third kappa shape index (κ3) is 1.80. The van der Waals surface area contributed by atoms with Crippen molar-refractivity contribution in [2.45, 2.75) is 32.9 Å². The van der Waals surface area contributed by atoms with E-state index in [0.717, 1.165) is 30.5 Å². The molecule has 3 heterocycles. The van der Waals surface area contributed by atoms with E-state index in [0.29, 0.717) is 17.2 Å². The third-order valence-electron chi connectivity index (χ3n) is 3.92. The summed E-state index contributed by atoms with van der Waals surface area (Å²) in [4.78, 5) is 8.47. The van der Waals surface area contributed by atoms with Gasteiger partial charge >= 0.3 is 0 Å². The molecule has 0 fully saturated rings. The van der Waals surface area contributed by atoms with E-state index in [2.05, 4.69) is 39.8 Å². The minimum absolute atomic E-state index is 0.324. The van der Waals surface area contributed by atoms with Crippen LogP contribution in [0.1, 0.15) is 32.0 Å². The SMILES string of the molecule is CCC(C)[C@H]1CNCc2cc3cnc(Cl)nc3n21. The molecule has 0 amide bonds. The lowest BCUT2D eigenvalue weighted by atomic mass is 9.97. The Morgan fingerprint density at radius 2 is 2.44 bits per heavy atom. The van der Waals surface area contributed by atoms with Crippen LogP contribution in [0, 0.1) is 5.92 Å². The van der Waals surface area contributed by atoms with Gasteiger partial charge in [0.1, 0.15) is 5.65 Å². The first-order chi connectivity index (χ1) is 8.70. The summed E-state index contributed by atoms with van der Waals surface area (Å²) in [5.74, 6) is 0.612. The lowest BCUT2D eigenvalue weighted by Gasteiger charge is -2.31. The molecule has 1 unspecified atom stereocenters. The van der Waals surface area contributed by atoms with Crippen molar-refractivity contribution in [3.63, 3.8) is 0 Å². The van der Waals surface area contributed by atoms with Gasteiger partial charge in [-0.15, -0.1) is 0 Å². The Morgan fingerprint density at radius 3 is 3.22 bits per heavy atom. The highest BCUT2D eigenvalue weighted by Gasteiger charge is 2.26. The van der Waals surface area contributed by atoms with Gasteiger partial charge in [-0.1, -0.05) is 20.3 Å². The second kappa shape index (κ2) is 4.52. The largest absolute Gasteiger partial charge is 0.324 e. The van der Waals surface area contributed by atoms with E-state index in [-0.39, 0.29) is 0 Å². The van der Waals surface area contributed by atoms with Gasteiger partial charge in [-0.25, -0.2) is 4.98 Å². The lowest BCUT2D eigenvalue weighted by Crippen LogP contribution is -2.36. The number of aromatic nitrogens is 3. The molecule has 0 spiro atoms. The van der Waals surface area contributed by atoms with E-state index in [1.54, 1.807) is 0 Å². The summed E-state index contributed by atoms with van der Waals surface area (Å²) in [6, 6.07) is 2.61. The Bertz CT molecular complexity index is 578. The van der Waals surface area contributed by atoms with Gasteiger partial charge in [0.15, 0.2) is 0 Å². The van der Waals surface area contributed by atoms with Crippen LogP contribution in [-0.4, -0.2) is 21.1 Å². The van der Waals surface area contributed by atoms with Gasteiger partial charge in [0.05, 0.1) is 6.04 Å². The summed E-state index contributed by atoms with van der Waals surface area (Å²) in [6.07, 6.45) is 2.97. The second-order valence-corrected chi connectivity index (χ2v) is 5.35. The number of fused-ring (bicyclic) bond motifs is 3. The third-order valence-corrected chi connectivity index (χ3v) is 4.10. The van der Waals surface area contributed by atoms with Gasteiger partial charge in [0.2, 0.25) is 5.28 Å². The van der Waals surface area contributed by atoms with Crippen molar-refractivity contribution in [1.82, 2.24) is 19.9 Å². The maximum Gasteiger partial charge on any atom is 0.224 e. The standard InChI is InChI=1S/C13H17ClN4/c1-3-8(2)11-7-15-6-10-4-9-5-16-13(14)17-12(9)18(10)11/h4-5,8,11,15H,3,6-7H2,1-2H3/t8?,11-/m1/s1.